The van der Waals surface area contributed by atoms with Crippen molar-refractivity contribution in [3.63, 3.8) is 0 Å². The van der Waals surface area contributed by atoms with Gasteiger partial charge in [-0.15, -0.1) is 0 Å². The average molecular weight is 294 g/mol. The summed E-state index contributed by atoms with van der Waals surface area (Å²) in [7, 11) is -3.35. The zero-order chi connectivity index (χ0) is 14.3. The normalized spacial score (nSPS) is 24.8. The van der Waals surface area contributed by atoms with Gasteiger partial charge in [-0.3, -0.25) is 4.90 Å². The van der Waals surface area contributed by atoms with Gasteiger partial charge in [-0.25, -0.2) is 8.42 Å². The van der Waals surface area contributed by atoms with Gasteiger partial charge in [0.15, 0.2) is 0 Å². The van der Waals surface area contributed by atoms with Crippen molar-refractivity contribution in [3.05, 3.63) is 29.3 Å². The van der Waals surface area contributed by atoms with E-state index in [9.17, 15) is 8.42 Å². The minimum Gasteiger partial charge on any atom is -0.298 e. The molecule has 2 heterocycles. The van der Waals surface area contributed by atoms with Gasteiger partial charge in [0, 0.05) is 25.7 Å². The van der Waals surface area contributed by atoms with Gasteiger partial charge in [-0.1, -0.05) is 12.1 Å². The molecule has 0 N–H and O–H groups in total. The first kappa shape index (κ1) is 14.0. The highest BCUT2D eigenvalue weighted by atomic mass is 32.2. The molecule has 0 saturated carbocycles. The molecule has 0 spiro atoms. The summed E-state index contributed by atoms with van der Waals surface area (Å²) >= 11 is 0. The molecule has 4 nitrogen and oxygen atoms in total. The summed E-state index contributed by atoms with van der Waals surface area (Å²) in [6, 6.07) is 6.08. The molecule has 1 atom stereocenters. The largest absolute Gasteiger partial charge is 0.298 e. The minimum absolute atomic E-state index is 0.420. The van der Waals surface area contributed by atoms with Gasteiger partial charge < -0.3 is 0 Å². The van der Waals surface area contributed by atoms with Crippen LogP contribution in [-0.4, -0.2) is 49.8 Å². The Labute approximate surface area is 121 Å². The maximum Gasteiger partial charge on any atom is 0.243 e. The number of sulfonamides is 1. The lowest BCUT2D eigenvalue weighted by atomic mass is 10.2. The summed E-state index contributed by atoms with van der Waals surface area (Å²) in [6.07, 6.45) is 2.32. The van der Waals surface area contributed by atoms with Gasteiger partial charge in [0.25, 0.3) is 0 Å². The second kappa shape index (κ2) is 5.13. The van der Waals surface area contributed by atoms with Crippen LogP contribution < -0.4 is 0 Å². The summed E-state index contributed by atoms with van der Waals surface area (Å²) in [5.41, 5.74) is 1.83. The van der Waals surface area contributed by atoms with E-state index in [1.54, 1.807) is 10.4 Å². The summed E-state index contributed by atoms with van der Waals surface area (Å²) in [6.45, 7) is 7.07. The van der Waals surface area contributed by atoms with Crippen LogP contribution in [0.15, 0.2) is 23.1 Å². The Balaban J connectivity index is 1.90. The first-order valence-corrected chi connectivity index (χ1v) is 8.74. The number of benzene rings is 1. The highest BCUT2D eigenvalue weighted by Gasteiger charge is 2.36. The second-order valence-electron chi connectivity index (χ2n) is 5.96. The van der Waals surface area contributed by atoms with Crippen LogP contribution in [0.5, 0.6) is 0 Å². The zero-order valence-electron chi connectivity index (χ0n) is 12.2. The lowest BCUT2D eigenvalue weighted by Gasteiger charge is -2.36. The van der Waals surface area contributed by atoms with E-state index < -0.39 is 10.0 Å². The number of nitrogens with zero attached hydrogens (tertiary/aromatic N) is 2. The molecular weight excluding hydrogens is 272 g/mol. The van der Waals surface area contributed by atoms with Crippen LogP contribution >= 0.6 is 0 Å². The predicted octanol–water partition coefficient (Wildman–Crippen LogP) is 1.77. The molecule has 2 aliphatic heterocycles. The third-order valence-corrected chi connectivity index (χ3v) is 6.52. The summed E-state index contributed by atoms with van der Waals surface area (Å²) < 4.78 is 27.4. The molecule has 5 heteroatoms. The van der Waals surface area contributed by atoms with E-state index in [-0.39, 0.29) is 0 Å². The van der Waals surface area contributed by atoms with E-state index in [2.05, 4.69) is 4.90 Å². The van der Waals surface area contributed by atoms with Crippen molar-refractivity contribution in [3.8, 4) is 0 Å². The number of rotatable bonds is 2. The van der Waals surface area contributed by atoms with Crippen LogP contribution in [0.1, 0.15) is 24.0 Å². The van der Waals surface area contributed by atoms with Crippen LogP contribution in [-0.2, 0) is 10.0 Å². The fourth-order valence-corrected chi connectivity index (χ4v) is 5.08. The molecule has 1 aromatic rings. The Kier molecular flexibility index (Phi) is 3.60. The summed E-state index contributed by atoms with van der Waals surface area (Å²) in [5, 5.41) is 0. The van der Waals surface area contributed by atoms with E-state index in [0.29, 0.717) is 24.0 Å². The molecule has 2 saturated heterocycles. The molecule has 2 aliphatic rings. The fourth-order valence-electron chi connectivity index (χ4n) is 3.31. The predicted molar refractivity (Wildman–Crippen MR) is 79.3 cm³/mol. The number of hydrogen-bond acceptors (Lipinski definition) is 3. The van der Waals surface area contributed by atoms with Crippen LogP contribution in [0.3, 0.4) is 0 Å². The third-order valence-electron chi connectivity index (χ3n) is 4.51. The minimum atomic E-state index is -3.35. The molecule has 3 rings (SSSR count). The van der Waals surface area contributed by atoms with Gasteiger partial charge >= 0.3 is 0 Å². The molecule has 110 valence electrons. The third kappa shape index (κ3) is 2.38. The van der Waals surface area contributed by atoms with Crippen LogP contribution in [0.4, 0.5) is 0 Å². The topological polar surface area (TPSA) is 40.6 Å². The molecule has 0 bridgehead atoms. The smallest absolute Gasteiger partial charge is 0.243 e. The average Bonchev–Trinajstić information content (AvgIpc) is 2.88. The number of fused-ring (bicyclic) bond motifs is 1. The van der Waals surface area contributed by atoms with Crippen molar-refractivity contribution >= 4 is 10.0 Å². The van der Waals surface area contributed by atoms with Crippen LogP contribution in [0.25, 0.3) is 0 Å². The van der Waals surface area contributed by atoms with Gasteiger partial charge in [-0.2, -0.15) is 4.31 Å². The van der Waals surface area contributed by atoms with Crippen molar-refractivity contribution in [2.45, 2.75) is 37.6 Å². The monoisotopic (exact) mass is 294 g/mol. The van der Waals surface area contributed by atoms with Gasteiger partial charge in [-0.05, 0) is 50.4 Å². The highest BCUT2D eigenvalue weighted by molar-refractivity contribution is 7.89. The maximum absolute atomic E-state index is 12.9. The number of hydrogen-bond donors (Lipinski definition) is 0. The van der Waals surface area contributed by atoms with Crippen molar-refractivity contribution in [1.29, 1.82) is 0 Å². The Bertz CT molecular complexity index is 612. The molecule has 0 amide bonds. The van der Waals surface area contributed by atoms with E-state index in [1.807, 2.05) is 26.0 Å². The summed E-state index contributed by atoms with van der Waals surface area (Å²) in [4.78, 5) is 2.90. The second-order valence-corrected chi connectivity index (χ2v) is 7.87. The number of piperazine rings is 1. The Morgan fingerprint density at radius 1 is 1.15 bits per heavy atom. The molecule has 1 unspecified atom stereocenters. The number of aryl methyl sites for hydroxylation is 2. The first-order valence-electron chi connectivity index (χ1n) is 7.30. The van der Waals surface area contributed by atoms with E-state index in [1.165, 1.54) is 6.42 Å². The Hall–Kier alpha value is -0.910. The van der Waals surface area contributed by atoms with Crippen molar-refractivity contribution in [2.75, 3.05) is 26.2 Å². The Morgan fingerprint density at radius 3 is 2.75 bits per heavy atom. The van der Waals surface area contributed by atoms with Gasteiger partial charge in [0.1, 0.15) is 0 Å². The van der Waals surface area contributed by atoms with E-state index >= 15 is 0 Å². The fraction of sp³-hybridized carbons (Fsp3) is 0.600. The molecular formula is C15H22N2O2S. The van der Waals surface area contributed by atoms with Gasteiger partial charge in [0.2, 0.25) is 10.0 Å². The van der Waals surface area contributed by atoms with Crippen molar-refractivity contribution < 1.29 is 8.42 Å². The summed E-state index contributed by atoms with van der Waals surface area (Å²) in [5.74, 6) is 0. The van der Waals surface area contributed by atoms with Crippen molar-refractivity contribution in [2.24, 2.45) is 0 Å². The van der Waals surface area contributed by atoms with E-state index in [4.69, 9.17) is 0 Å². The van der Waals surface area contributed by atoms with Crippen LogP contribution in [0.2, 0.25) is 0 Å². The molecule has 0 radical (unpaired) electrons. The Morgan fingerprint density at radius 2 is 1.95 bits per heavy atom. The molecule has 0 aromatic heterocycles. The first-order chi connectivity index (χ1) is 9.48. The highest BCUT2D eigenvalue weighted by Crippen LogP contribution is 2.27. The van der Waals surface area contributed by atoms with E-state index in [0.717, 1.165) is 30.6 Å². The SMILES string of the molecule is Cc1ccc(C)c(S(=O)(=O)N2CCN3CCCC3C2)c1. The molecule has 2 fully saturated rings. The van der Waals surface area contributed by atoms with Crippen molar-refractivity contribution in [1.82, 2.24) is 9.21 Å². The van der Waals surface area contributed by atoms with Gasteiger partial charge in [0.05, 0.1) is 4.90 Å². The van der Waals surface area contributed by atoms with Crippen LogP contribution in [0, 0.1) is 13.8 Å². The standard InChI is InChI=1S/C15H22N2O2S/c1-12-5-6-13(2)15(10-12)20(18,19)17-9-8-16-7-3-4-14(16)11-17/h5-6,10,14H,3-4,7-9,11H2,1-2H3. The molecule has 0 aliphatic carbocycles. The molecule has 1 aromatic carbocycles. The quantitative estimate of drug-likeness (QED) is 0.835. The molecule has 20 heavy (non-hydrogen) atoms. The lowest BCUT2D eigenvalue weighted by Crippen LogP contribution is -2.51. The lowest BCUT2D eigenvalue weighted by molar-refractivity contribution is 0.158. The maximum atomic E-state index is 12.9. The zero-order valence-corrected chi connectivity index (χ0v) is 13.0.